The highest BCUT2D eigenvalue weighted by Crippen LogP contribution is 2.41. The Labute approximate surface area is 175 Å². The molecule has 0 aliphatic carbocycles. The zero-order chi connectivity index (χ0) is 18.7. The highest BCUT2D eigenvalue weighted by Gasteiger charge is 2.32. The van der Waals surface area contributed by atoms with E-state index in [0.29, 0.717) is 16.6 Å². The van der Waals surface area contributed by atoms with E-state index in [1.54, 1.807) is 0 Å². The second kappa shape index (κ2) is 9.65. The first-order chi connectivity index (χ1) is 12.5. The second-order valence-electron chi connectivity index (χ2n) is 6.41. The van der Waals surface area contributed by atoms with Crippen LogP contribution in [0.4, 0.5) is 5.69 Å². The minimum absolute atomic E-state index is 0. The van der Waals surface area contributed by atoms with E-state index in [4.69, 9.17) is 27.9 Å². The number of hydrogen-bond donors (Lipinski definition) is 1. The number of hydrogen-bond acceptors (Lipinski definition) is 3. The van der Waals surface area contributed by atoms with Crippen LogP contribution in [0.3, 0.4) is 0 Å². The molecule has 1 heterocycles. The minimum atomic E-state index is -0.881. The van der Waals surface area contributed by atoms with Crippen LogP contribution in [-0.2, 0) is 9.53 Å². The van der Waals surface area contributed by atoms with Gasteiger partial charge in [-0.1, -0.05) is 48.3 Å². The van der Waals surface area contributed by atoms with E-state index in [1.807, 2.05) is 42.5 Å². The third-order valence-corrected chi connectivity index (χ3v) is 5.03. The molecule has 0 amide bonds. The van der Waals surface area contributed by atoms with Gasteiger partial charge < -0.3 is 14.7 Å². The van der Waals surface area contributed by atoms with Crippen LogP contribution in [0.2, 0.25) is 10.0 Å². The third-order valence-electron chi connectivity index (χ3n) is 4.45. The van der Waals surface area contributed by atoms with Gasteiger partial charge in [-0.15, -0.1) is 12.4 Å². The van der Waals surface area contributed by atoms with Crippen LogP contribution in [0.1, 0.15) is 37.0 Å². The van der Waals surface area contributed by atoms with Crippen molar-refractivity contribution in [1.29, 1.82) is 0 Å². The summed E-state index contributed by atoms with van der Waals surface area (Å²) < 4.78 is 6.28. The van der Waals surface area contributed by atoms with Crippen LogP contribution in [0.5, 0.6) is 0 Å². The van der Waals surface area contributed by atoms with Gasteiger partial charge in [0.15, 0.2) is 0 Å². The number of aliphatic carboxylic acids is 1. The summed E-state index contributed by atoms with van der Waals surface area (Å²) in [6.45, 7) is 3.41. The summed E-state index contributed by atoms with van der Waals surface area (Å²) in [6, 6.07) is 13.2. The molecule has 0 fully saturated rings. The van der Waals surface area contributed by atoms with Gasteiger partial charge in [0, 0.05) is 39.9 Å². The number of carboxylic acid groups (broad SMARTS) is 1. The third kappa shape index (κ3) is 5.08. The predicted octanol–water partition coefficient (Wildman–Crippen LogP) is 5.59. The van der Waals surface area contributed by atoms with Gasteiger partial charge in [-0.05, 0) is 30.7 Å². The minimum Gasteiger partial charge on any atom is -0.481 e. The SMILES string of the molecule is CCCN1CC(CC(=O)O)OC(c2ccccc2Cl)c2cc(Cl)ccc21.Cl. The first kappa shape index (κ1) is 21.8. The molecule has 2 aromatic carbocycles. The average Bonchev–Trinajstić information content (AvgIpc) is 2.72. The largest absolute Gasteiger partial charge is 0.481 e. The number of fused-ring (bicyclic) bond motifs is 1. The van der Waals surface area contributed by atoms with Gasteiger partial charge in [0.05, 0.1) is 12.5 Å². The van der Waals surface area contributed by atoms with E-state index in [-0.39, 0.29) is 18.8 Å². The number of carboxylic acids is 1. The smallest absolute Gasteiger partial charge is 0.306 e. The van der Waals surface area contributed by atoms with Gasteiger partial charge in [0.1, 0.15) is 6.10 Å². The standard InChI is InChI=1S/C20H21Cl2NO3.ClH/c1-2-9-23-12-14(11-19(24)25)26-20(15-5-3-4-6-17(15)22)16-10-13(21)7-8-18(16)23;/h3-8,10,14,20H,2,9,11-12H2,1H3,(H,24,25);1H. The van der Waals surface area contributed by atoms with Crippen molar-refractivity contribution in [2.45, 2.75) is 32.0 Å². The van der Waals surface area contributed by atoms with Crippen LogP contribution in [-0.4, -0.2) is 30.3 Å². The molecule has 3 rings (SSSR count). The molecule has 0 radical (unpaired) electrons. The van der Waals surface area contributed by atoms with E-state index in [0.717, 1.165) is 29.8 Å². The maximum atomic E-state index is 11.3. The van der Waals surface area contributed by atoms with Crippen LogP contribution in [0, 0.1) is 0 Å². The Morgan fingerprint density at radius 3 is 2.63 bits per heavy atom. The summed E-state index contributed by atoms with van der Waals surface area (Å²) in [6.07, 6.45) is -0.0447. The van der Waals surface area contributed by atoms with E-state index >= 15 is 0 Å². The van der Waals surface area contributed by atoms with E-state index in [1.165, 1.54) is 0 Å². The molecule has 1 aliphatic heterocycles. The maximum absolute atomic E-state index is 11.3. The molecule has 0 spiro atoms. The summed E-state index contributed by atoms with van der Waals surface area (Å²) in [5.41, 5.74) is 2.73. The fourth-order valence-electron chi connectivity index (χ4n) is 3.39. The summed E-state index contributed by atoms with van der Waals surface area (Å²) in [7, 11) is 0. The fraction of sp³-hybridized carbons (Fsp3) is 0.350. The van der Waals surface area contributed by atoms with Gasteiger partial charge in [-0.2, -0.15) is 0 Å². The summed E-state index contributed by atoms with van der Waals surface area (Å²) >= 11 is 12.7. The maximum Gasteiger partial charge on any atom is 0.306 e. The summed E-state index contributed by atoms with van der Waals surface area (Å²) in [5.74, 6) is -0.881. The number of nitrogens with zero attached hydrogens (tertiary/aromatic N) is 1. The zero-order valence-corrected chi connectivity index (χ0v) is 17.2. The highest BCUT2D eigenvalue weighted by molar-refractivity contribution is 6.31. The molecule has 0 saturated carbocycles. The molecule has 27 heavy (non-hydrogen) atoms. The van der Waals surface area contributed by atoms with Crippen molar-refractivity contribution >= 4 is 47.3 Å². The van der Waals surface area contributed by atoms with Crippen molar-refractivity contribution in [3.8, 4) is 0 Å². The number of ether oxygens (including phenoxy) is 1. The van der Waals surface area contributed by atoms with Crippen molar-refractivity contribution < 1.29 is 14.6 Å². The monoisotopic (exact) mass is 429 g/mol. The molecule has 0 aromatic heterocycles. The van der Waals surface area contributed by atoms with Gasteiger partial charge in [-0.25, -0.2) is 0 Å². The molecule has 2 aromatic rings. The first-order valence-electron chi connectivity index (χ1n) is 8.65. The Hall–Kier alpha value is -1.46. The second-order valence-corrected chi connectivity index (χ2v) is 7.25. The van der Waals surface area contributed by atoms with Crippen LogP contribution in [0.15, 0.2) is 42.5 Å². The Bertz CT molecular complexity index is 800. The quantitative estimate of drug-likeness (QED) is 0.671. The van der Waals surface area contributed by atoms with Crippen molar-refractivity contribution in [2.75, 3.05) is 18.0 Å². The summed E-state index contributed by atoms with van der Waals surface area (Å²) in [4.78, 5) is 13.5. The Balaban J connectivity index is 0.00000261. The Kier molecular flexibility index (Phi) is 7.80. The molecule has 4 nitrogen and oxygen atoms in total. The lowest BCUT2D eigenvalue weighted by Gasteiger charge is -2.26. The Morgan fingerprint density at radius 2 is 1.96 bits per heavy atom. The molecule has 1 aliphatic rings. The molecule has 1 N–H and O–H groups in total. The van der Waals surface area contributed by atoms with Gasteiger partial charge >= 0.3 is 5.97 Å². The van der Waals surface area contributed by atoms with Crippen molar-refractivity contribution in [1.82, 2.24) is 0 Å². The number of carbonyl (C=O) groups is 1. The van der Waals surface area contributed by atoms with Gasteiger partial charge in [0.2, 0.25) is 0 Å². The molecule has 2 unspecified atom stereocenters. The van der Waals surface area contributed by atoms with Gasteiger partial charge in [-0.3, -0.25) is 4.79 Å². The van der Waals surface area contributed by atoms with Gasteiger partial charge in [0.25, 0.3) is 0 Å². The number of anilines is 1. The highest BCUT2D eigenvalue weighted by atomic mass is 35.5. The fourth-order valence-corrected chi connectivity index (χ4v) is 3.81. The van der Waals surface area contributed by atoms with Crippen molar-refractivity contribution in [3.05, 3.63) is 63.6 Å². The molecule has 146 valence electrons. The topological polar surface area (TPSA) is 49.8 Å². The zero-order valence-electron chi connectivity index (χ0n) is 14.9. The van der Waals surface area contributed by atoms with E-state index in [9.17, 15) is 9.90 Å². The van der Waals surface area contributed by atoms with Crippen molar-refractivity contribution in [2.24, 2.45) is 0 Å². The molecular formula is C20H22Cl3NO3. The van der Waals surface area contributed by atoms with Crippen LogP contribution < -0.4 is 4.90 Å². The molecular weight excluding hydrogens is 409 g/mol. The Morgan fingerprint density at radius 1 is 1.22 bits per heavy atom. The van der Waals surface area contributed by atoms with E-state index in [2.05, 4.69) is 11.8 Å². The lowest BCUT2D eigenvalue weighted by Crippen LogP contribution is -2.34. The first-order valence-corrected chi connectivity index (χ1v) is 9.41. The van der Waals surface area contributed by atoms with Crippen LogP contribution >= 0.6 is 35.6 Å². The number of benzene rings is 2. The average molecular weight is 431 g/mol. The predicted molar refractivity (Wildman–Crippen MR) is 112 cm³/mol. The number of rotatable bonds is 5. The molecule has 0 saturated heterocycles. The van der Waals surface area contributed by atoms with Crippen molar-refractivity contribution in [3.63, 3.8) is 0 Å². The molecule has 2 atom stereocenters. The van der Waals surface area contributed by atoms with E-state index < -0.39 is 18.2 Å². The lowest BCUT2D eigenvalue weighted by molar-refractivity contribution is -0.140. The number of halogens is 3. The normalized spacial score (nSPS) is 19.0. The lowest BCUT2D eigenvalue weighted by atomic mass is 9.99. The molecule has 0 bridgehead atoms. The molecule has 7 heteroatoms. The van der Waals surface area contributed by atoms with Crippen LogP contribution in [0.25, 0.3) is 0 Å². The summed E-state index contributed by atoms with van der Waals surface area (Å²) in [5, 5.41) is 10.5.